The van der Waals surface area contributed by atoms with Gasteiger partial charge in [-0.1, -0.05) is 17.7 Å². The number of amides is 2. The van der Waals surface area contributed by atoms with Gasteiger partial charge in [0.05, 0.1) is 10.7 Å². The molecule has 2 aromatic rings. The highest BCUT2D eigenvalue weighted by Crippen LogP contribution is 2.29. The van der Waals surface area contributed by atoms with E-state index < -0.39 is 11.3 Å². The minimum Gasteiger partial charge on any atom is -0.351 e. The monoisotopic (exact) mass is 359 g/mol. The maximum absolute atomic E-state index is 12.6. The molecule has 0 saturated heterocycles. The van der Waals surface area contributed by atoms with Crippen LogP contribution in [0.5, 0.6) is 0 Å². The molecule has 0 aliphatic heterocycles. The highest BCUT2D eigenvalue weighted by Gasteiger charge is 2.36. The summed E-state index contributed by atoms with van der Waals surface area (Å²) in [5.41, 5.74) is 2.07. The van der Waals surface area contributed by atoms with Gasteiger partial charge >= 0.3 is 0 Å². The number of aromatic nitrogens is 1. The Kier molecular flexibility index (Phi) is 5.80. The Bertz CT molecular complexity index is 766. The maximum Gasteiger partial charge on any atom is 0.239 e. The first-order valence-corrected chi connectivity index (χ1v) is 8.35. The predicted octanol–water partition coefficient (Wildman–Crippen LogP) is 3.63. The Morgan fingerprint density at radius 1 is 1.12 bits per heavy atom. The molecular weight excluding hydrogens is 338 g/mol. The summed E-state index contributed by atoms with van der Waals surface area (Å²) >= 11 is 6.23. The Morgan fingerprint density at radius 2 is 1.76 bits per heavy atom. The van der Waals surface area contributed by atoms with E-state index in [0.29, 0.717) is 17.3 Å². The molecule has 6 heteroatoms. The molecule has 0 fully saturated rings. The molecule has 0 aliphatic carbocycles. The van der Waals surface area contributed by atoms with Crippen LogP contribution in [0.3, 0.4) is 0 Å². The molecule has 1 aromatic carbocycles. The van der Waals surface area contributed by atoms with Gasteiger partial charge in [-0.15, -0.1) is 0 Å². The van der Waals surface area contributed by atoms with Gasteiger partial charge in [0.15, 0.2) is 0 Å². The second-order valence-corrected chi connectivity index (χ2v) is 6.96. The molecule has 0 spiro atoms. The number of halogens is 1. The fourth-order valence-electron chi connectivity index (χ4n) is 2.35. The summed E-state index contributed by atoms with van der Waals surface area (Å²) in [4.78, 5) is 29.0. The lowest BCUT2D eigenvalue weighted by Gasteiger charge is -2.24. The molecule has 0 unspecified atom stereocenters. The zero-order valence-electron chi connectivity index (χ0n) is 14.8. The molecule has 2 rings (SSSR count). The molecule has 132 valence electrons. The summed E-state index contributed by atoms with van der Waals surface area (Å²) < 4.78 is 0. The third kappa shape index (κ3) is 4.57. The summed E-state index contributed by atoms with van der Waals surface area (Å²) in [5.74, 6) is -0.767. The Hall–Kier alpha value is -2.40. The number of nitrogens with one attached hydrogen (secondary N) is 2. The summed E-state index contributed by atoms with van der Waals surface area (Å²) in [6.45, 7) is 7.30. The summed E-state index contributed by atoms with van der Waals surface area (Å²) in [6, 6.07) is 7.32. The van der Waals surface area contributed by atoms with E-state index in [-0.39, 0.29) is 5.91 Å². The predicted molar refractivity (Wildman–Crippen MR) is 99.4 cm³/mol. The van der Waals surface area contributed by atoms with Crippen LogP contribution in [0.25, 0.3) is 0 Å². The van der Waals surface area contributed by atoms with Crippen molar-refractivity contribution in [3.8, 4) is 0 Å². The highest BCUT2D eigenvalue weighted by molar-refractivity contribution is 6.34. The van der Waals surface area contributed by atoms with E-state index in [1.807, 2.05) is 32.0 Å². The van der Waals surface area contributed by atoms with Crippen LogP contribution in [0.2, 0.25) is 5.02 Å². The number of carbonyl (C=O) groups is 2. The summed E-state index contributed by atoms with van der Waals surface area (Å²) in [5, 5.41) is 6.02. The van der Waals surface area contributed by atoms with Crippen molar-refractivity contribution in [2.45, 2.75) is 34.2 Å². The normalized spacial score (nSPS) is 11.1. The van der Waals surface area contributed by atoms with Crippen LogP contribution in [-0.4, -0.2) is 16.8 Å². The van der Waals surface area contributed by atoms with Gasteiger partial charge in [-0.2, -0.15) is 0 Å². The topological polar surface area (TPSA) is 71.1 Å². The van der Waals surface area contributed by atoms with Crippen LogP contribution in [0.15, 0.2) is 36.7 Å². The van der Waals surface area contributed by atoms with Gasteiger partial charge in [0, 0.05) is 18.9 Å². The number of carbonyl (C=O) groups excluding carboxylic acids is 2. The minimum absolute atomic E-state index is 0.336. The average Bonchev–Trinajstić information content (AvgIpc) is 2.56. The van der Waals surface area contributed by atoms with E-state index in [1.54, 1.807) is 32.3 Å². The van der Waals surface area contributed by atoms with Crippen molar-refractivity contribution in [2.75, 3.05) is 5.32 Å². The number of rotatable bonds is 5. The zero-order valence-corrected chi connectivity index (χ0v) is 15.6. The quantitative estimate of drug-likeness (QED) is 0.801. The van der Waals surface area contributed by atoms with Gasteiger partial charge in [0.2, 0.25) is 11.8 Å². The first-order chi connectivity index (χ1) is 11.7. The average molecular weight is 360 g/mol. The molecule has 2 amide bonds. The largest absolute Gasteiger partial charge is 0.351 e. The fraction of sp³-hybridized carbons (Fsp3) is 0.316. The SMILES string of the molecule is Cc1cc(C)c(NC(=O)C(C)(C)C(=O)NCc2ccncc2)c(Cl)c1. The van der Waals surface area contributed by atoms with Crippen molar-refractivity contribution < 1.29 is 9.59 Å². The van der Waals surface area contributed by atoms with Gasteiger partial charge in [0.25, 0.3) is 0 Å². The third-order valence-corrected chi connectivity index (χ3v) is 4.31. The van der Waals surface area contributed by atoms with Gasteiger partial charge in [-0.05, 0) is 62.6 Å². The van der Waals surface area contributed by atoms with Crippen LogP contribution in [0, 0.1) is 19.3 Å². The number of nitrogens with zero attached hydrogens (tertiary/aromatic N) is 1. The van der Waals surface area contributed by atoms with Gasteiger partial charge in [-0.3, -0.25) is 14.6 Å². The highest BCUT2D eigenvalue weighted by atomic mass is 35.5. The smallest absolute Gasteiger partial charge is 0.239 e. The Balaban J connectivity index is 2.07. The number of benzene rings is 1. The van der Waals surface area contributed by atoms with Crippen LogP contribution < -0.4 is 10.6 Å². The number of pyridine rings is 1. The van der Waals surface area contributed by atoms with Crippen molar-refractivity contribution in [2.24, 2.45) is 5.41 Å². The van der Waals surface area contributed by atoms with E-state index in [4.69, 9.17) is 11.6 Å². The van der Waals surface area contributed by atoms with E-state index in [2.05, 4.69) is 15.6 Å². The molecule has 25 heavy (non-hydrogen) atoms. The first kappa shape index (κ1) is 18.9. The Morgan fingerprint density at radius 3 is 2.36 bits per heavy atom. The minimum atomic E-state index is -1.24. The van der Waals surface area contributed by atoms with E-state index in [0.717, 1.165) is 16.7 Å². The van der Waals surface area contributed by atoms with Gasteiger partial charge in [0.1, 0.15) is 5.41 Å². The van der Waals surface area contributed by atoms with Crippen molar-refractivity contribution in [1.82, 2.24) is 10.3 Å². The molecule has 1 heterocycles. The fourth-order valence-corrected chi connectivity index (χ4v) is 2.72. The molecular formula is C19H22ClN3O2. The number of hydrogen-bond donors (Lipinski definition) is 2. The van der Waals surface area contributed by atoms with E-state index in [9.17, 15) is 9.59 Å². The van der Waals surface area contributed by atoms with E-state index >= 15 is 0 Å². The van der Waals surface area contributed by atoms with Gasteiger partial charge in [-0.25, -0.2) is 0 Å². The molecule has 0 atom stereocenters. The van der Waals surface area contributed by atoms with E-state index in [1.165, 1.54) is 0 Å². The number of anilines is 1. The summed E-state index contributed by atoms with van der Waals surface area (Å²) in [6.07, 6.45) is 3.31. The van der Waals surface area contributed by atoms with Crippen molar-refractivity contribution in [3.05, 3.63) is 58.4 Å². The maximum atomic E-state index is 12.6. The lowest BCUT2D eigenvalue weighted by atomic mass is 9.90. The molecule has 1 aromatic heterocycles. The van der Waals surface area contributed by atoms with Crippen LogP contribution in [0.4, 0.5) is 5.69 Å². The third-order valence-electron chi connectivity index (χ3n) is 4.01. The van der Waals surface area contributed by atoms with Crippen LogP contribution >= 0.6 is 11.6 Å². The molecule has 0 aliphatic rings. The second-order valence-electron chi connectivity index (χ2n) is 6.56. The second kappa shape index (κ2) is 7.66. The lowest BCUT2D eigenvalue weighted by molar-refractivity contribution is -0.138. The van der Waals surface area contributed by atoms with Gasteiger partial charge < -0.3 is 10.6 Å². The molecule has 0 bridgehead atoms. The van der Waals surface area contributed by atoms with Crippen molar-refractivity contribution in [3.63, 3.8) is 0 Å². The van der Waals surface area contributed by atoms with Crippen LogP contribution in [0.1, 0.15) is 30.5 Å². The van der Waals surface area contributed by atoms with Crippen molar-refractivity contribution in [1.29, 1.82) is 0 Å². The Labute approximate surface area is 152 Å². The number of aryl methyl sites for hydroxylation is 2. The molecule has 5 nitrogen and oxygen atoms in total. The summed E-state index contributed by atoms with van der Waals surface area (Å²) in [7, 11) is 0. The lowest BCUT2D eigenvalue weighted by Crippen LogP contribution is -2.45. The number of hydrogen-bond acceptors (Lipinski definition) is 3. The van der Waals surface area contributed by atoms with Crippen LogP contribution in [-0.2, 0) is 16.1 Å². The molecule has 0 saturated carbocycles. The first-order valence-electron chi connectivity index (χ1n) is 7.97. The standard InChI is InChI=1S/C19H22ClN3O2/c1-12-9-13(2)16(15(20)10-12)23-18(25)19(3,4)17(24)22-11-14-5-7-21-8-6-14/h5-10H,11H2,1-4H3,(H,22,24)(H,23,25). The molecule has 0 radical (unpaired) electrons. The van der Waals surface area contributed by atoms with Crippen molar-refractivity contribution >= 4 is 29.1 Å². The molecule has 2 N–H and O–H groups in total. The zero-order chi connectivity index (χ0) is 18.6.